The molecule has 0 aliphatic carbocycles. The van der Waals surface area contributed by atoms with Gasteiger partial charge in [-0.3, -0.25) is 5.32 Å². The van der Waals surface area contributed by atoms with Gasteiger partial charge in [0.2, 0.25) is 0 Å². The van der Waals surface area contributed by atoms with E-state index in [1.165, 1.54) is 0 Å². The molecule has 3 N–H and O–H groups in total. The van der Waals surface area contributed by atoms with Crippen LogP contribution in [0.3, 0.4) is 0 Å². The Hall–Kier alpha value is -1.42. The number of halogens is 1. The third-order valence-corrected chi connectivity index (χ3v) is 2.37. The minimum Gasteiger partial charge on any atom is -0.444 e. The molecule has 0 radical (unpaired) electrons. The monoisotopic (exact) mass is 256 g/mol. The Morgan fingerprint density at radius 3 is 2.53 bits per heavy atom. The van der Waals surface area contributed by atoms with Gasteiger partial charge in [-0.25, -0.2) is 4.79 Å². The van der Waals surface area contributed by atoms with Crippen LogP contribution in [0.25, 0.3) is 0 Å². The minimum atomic E-state index is -0.552. The molecule has 1 amide bonds. The zero-order valence-corrected chi connectivity index (χ0v) is 11.2. The zero-order chi connectivity index (χ0) is 13.2. The SMILES string of the molecule is Cc1cc(N)c(NC(=O)OC(C)(C)C)cc1Cl. The van der Waals surface area contributed by atoms with Gasteiger partial charge in [0.25, 0.3) is 0 Å². The molecule has 0 heterocycles. The first-order valence-electron chi connectivity index (χ1n) is 5.24. The summed E-state index contributed by atoms with van der Waals surface area (Å²) in [7, 11) is 0. The number of nitrogens with one attached hydrogen (secondary N) is 1. The third-order valence-electron chi connectivity index (χ3n) is 1.97. The lowest BCUT2D eigenvalue weighted by Crippen LogP contribution is -2.27. The van der Waals surface area contributed by atoms with Crippen LogP contribution in [0.5, 0.6) is 0 Å². The second-order valence-electron chi connectivity index (χ2n) is 4.82. The highest BCUT2D eigenvalue weighted by molar-refractivity contribution is 6.31. The molecule has 0 aromatic heterocycles. The Kier molecular flexibility index (Phi) is 3.88. The first kappa shape index (κ1) is 13.6. The lowest BCUT2D eigenvalue weighted by atomic mass is 10.2. The summed E-state index contributed by atoms with van der Waals surface area (Å²) in [6.45, 7) is 7.21. The number of carbonyl (C=O) groups is 1. The Labute approximate surface area is 106 Å². The van der Waals surface area contributed by atoms with Crippen LogP contribution in [0.15, 0.2) is 12.1 Å². The number of carbonyl (C=O) groups excluding carboxylic acids is 1. The highest BCUT2D eigenvalue weighted by Crippen LogP contribution is 2.27. The van der Waals surface area contributed by atoms with Gasteiger partial charge in [0.05, 0.1) is 11.4 Å². The van der Waals surface area contributed by atoms with Gasteiger partial charge in [-0.1, -0.05) is 11.6 Å². The summed E-state index contributed by atoms with van der Waals surface area (Å²) < 4.78 is 5.12. The van der Waals surface area contributed by atoms with Crippen molar-refractivity contribution in [3.05, 3.63) is 22.7 Å². The van der Waals surface area contributed by atoms with Crippen molar-refractivity contribution in [2.75, 3.05) is 11.1 Å². The standard InChI is InChI=1S/C12H17ClN2O2/c1-7-5-9(14)10(6-8(7)13)15-11(16)17-12(2,3)4/h5-6H,14H2,1-4H3,(H,15,16). The van der Waals surface area contributed by atoms with Crippen molar-refractivity contribution in [3.63, 3.8) is 0 Å². The van der Waals surface area contributed by atoms with Crippen molar-refractivity contribution < 1.29 is 9.53 Å². The molecule has 5 heteroatoms. The molecule has 0 bridgehead atoms. The number of ether oxygens (including phenoxy) is 1. The van der Waals surface area contributed by atoms with Gasteiger partial charge in [0.15, 0.2) is 0 Å². The molecule has 1 aromatic rings. The molecule has 0 aliphatic rings. The van der Waals surface area contributed by atoms with E-state index in [0.717, 1.165) is 5.56 Å². The fourth-order valence-corrected chi connectivity index (χ4v) is 1.39. The van der Waals surface area contributed by atoms with Gasteiger partial charge < -0.3 is 10.5 Å². The Bertz CT molecular complexity index is 439. The zero-order valence-electron chi connectivity index (χ0n) is 10.4. The molecule has 17 heavy (non-hydrogen) atoms. The quantitative estimate of drug-likeness (QED) is 0.755. The highest BCUT2D eigenvalue weighted by Gasteiger charge is 2.17. The van der Waals surface area contributed by atoms with Crippen LogP contribution in [0.1, 0.15) is 26.3 Å². The van der Waals surface area contributed by atoms with Crippen LogP contribution >= 0.6 is 11.6 Å². The number of benzene rings is 1. The lowest BCUT2D eigenvalue weighted by molar-refractivity contribution is 0.0636. The maximum atomic E-state index is 11.5. The summed E-state index contributed by atoms with van der Waals surface area (Å²) in [4.78, 5) is 11.5. The van der Waals surface area contributed by atoms with Crippen molar-refractivity contribution in [3.8, 4) is 0 Å². The molecule has 4 nitrogen and oxygen atoms in total. The van der Waals surface area contributed by atoms with E-state index in [-0.39, 0.29) is 0 Å². The third kappa shape index (κ3) is 4.15. The van der Waals surface area contributed by atoms with Gasteiger partial charge in [-0.05, 0) is 45.4 Å². The molecular formula is C12H17ClN2O2. The summed E-state index contributed by atoms with van der Waals surface area (Å²) >= 11 is 5.95. The summed E-state index contributed by atoms with van der Waals surface area (Å²) in [6, 6.07) is 3.31. The van der Waals surface area contributed by atoms with Crippen LogP contribution in [0.4, 0.5) is 16.2 Å². The average molecular weight is 257 g/mol. The van der Waals surface area contributed by atoms with E-state index in [1.54, 1.807) is 32.9 Å². The number of hydrogen-bond donors (Lipinski definition) is 2. The number of anilines is 2. The van der Waals surface area contributed by atoms with Gasteiger partial charge in [-0.2, -0.15) is 0 Å². The molecule has 94 valence electrons. The Balaban J connectivity index is 2.82. The predicted molar refractivity (Wildman–Crippen MR) is 70.5 cm³/mol. The van der Waals surface area contributed by atoms with Crippen LogP contribution in [0.2, 0.25) is 5.02 Å². The molecule has 0 saturated carbocycles. The number of amides is 1. The number of hydrogen-bond acceptors (Lipinski definition) is 3. The molecule has 0 atom stereocenters. The molecule has 1 aromatic carbocycles. The maximum Gasteiger partial charge on any atom is 0.412 e. The van der Waals surface area contributed by atoms with Gasteiger partial charge in [0, 0.05) is 5.02 Å². The summed E-state index contributed by atoms with van der Waals surface area (Å²) in [5.74, 6) is 0. The van der Waals surface area contributed by atoms with Crippen molar-refractivity contribution in [1.82, 2.24) is 0 Å². The number of aryl methyl sites for hydroxylation is 1. The van der Waals surface area contributed by atoms with E-state index in [9.17, 15) is 4.79 Å². The van der Waals surface area contributed by atoms with Gasteiger partial charge >= 0.3 is 6.09 Å². The molecule has 1 rings (SSSR count). The predicted octanol–water partition coefficient (Wildman–Crippen LogP) is 3.58. The van der Waals surface area contributed by atoms with E-state index in [2.05, 4.69) is 5.32 Å². The Morgan fingerprint density at radius 1 is 1.41 bits per heavy atom. The molecule has 0 spiro atoms. The van der Waals surface area contributed by atoms with Gasteiger partial charge in [-0.15, -0.1) is 0 Å². The molecule has 0 saturated heterocycles. The lowest BCUT2D eigenvalue weighted by Gasteiger charge is -2.20. The molecule has 0 unspecified atom stereocenters. The van der Waals surface area contributed by atoms with Crippen LogP contribution in [-0.4, -0.2) is 11.7 Å². The highest BCUT2D eigenvalue weighted by atomic mass is 35.5. The van der Waals surface area contributed by atoms with Crippen LogP contribution in [-0.2, 0) is 4.74 Å². The maximum absolute atomic E-state index is 11.5. The second-order valence-corrected chi connectivity index (χ2v) is 5.22. The van der Waals surface area contributed by atoms with E-state index < -0.39 is 11.7 Å². The van der Waals surface area contributed by atoms with Crippen molar-refractivity contribution in [2.45, 2.75) is 33.3 Å². The van der Waals surface area contributed by atoms with E-state index >= 15 is 0 Å². The fourth-order valence-electron chi connectivity index (χ4n) is 1.23. The molecule has 0 fully saturated rings. The molecular weight excluding hydrogens is 240 g/mol. The number of nitrogens with two attached hydrogens (primary N) is 1. The topological polar surface area (TPSA) is 64.3 Å². The van der Waals surface area contributed by atoms with Crippen LogP contribution < -0.4 is 11.1 Å². The Morgan fingerprint density at radius 2 is 2.00 bits per heavy atom. The summed E-state index contributed by atoms with van der Waals surface area (Å²) in [5.41, 5.74) is 7.00. The first-order chi connectivity index (χ1) is 7.69. The fraction of sp³-hybridized carbons (Fsp3) is 0.417. The van der Waals surface area contributed by atoms with E-state index in [4.69, 9.17) is 22.1 Å². The number of rotatable bonds is 1. The van der Waals surface area contributed by atoms with Crippen molar-refractivity contribution in [1.29, 1.82) is 0 Å². The molecule has 0 aliphatic heterocycles. The van der Waals surface area contributed by atoms with Gasteiger partial charge in [0.1, 0.15) is 5.60 Å². The van der Waals surface area contributed by atoms with E-state index in [1.807, 2.05) is 6.92 Å². The normalized spacial score (nSPS) is 11.1. The second kappa shape index (κ2) is 4.84. The average Bonchev–Trinajstić information content (AvgIpc) is 2.11. The first-order valence-corrected chi connectivity index (χ1v) is 5.62. The van der Waals surface area contributed by atoms with Crippen molar-refractivity contribution in [2.24, 2.45) is 0 Å². The number of nitrogen functional groups attached to an aromatic ring is 1. The minimum absolute atomic E-state index is 0.454. The van der Waals surface area contributed by atoms with Crippen molar-refractivity contribution >= 4 is 29.1 Å². The van der Waals surface area contributed by atoms with E-state index in [0.29, 0.717) is 16.4 Å². The summed E-state index contributed by atoms with van der Waals surface area (Å²) in [5, 5.41) is 3.11. The van der Waals surface area contributed by atoms with Crippen LogP contribution in [0, 0.1) is 6.92 Å². The smallest absolute Gasteiger partial charge is 0.412 e. The summed E-state index contributed by atoms with van der Waals surface area (Å²) in [6.07, 6.45) is -0.552. The largest absolute Gasteiger partial charge is 0.444 e.